The first-order valence-corrected chi connectivity index (χ1v) is 8.19. The smallest absolute Gasteiger partial charge is 0.000439 e. The van der Waals surface area contributed by atoms with Crippen LogP contribution in [0.5, 0.6) is 0 Å². The molecular formula is C19H32ClN. The fourth-order valence-electron chi connectivity index (χ4n) is 3.22. The van der Waals surface area contributed by atoms with Gasteiger partial charge in [-0.3, -0.25) is 0 Å². The molecular weight excluding hydrogens is 278 g/mol. The van der Waals surface area contributed by atoms with Gasteiger partial charge in [0, 0.05) is 6.54 Å². The van der Waals surface area contributed by atoms with Gasteiger partial charge in [-0.15, -0.1) is 12.4 Å². The highest BCUT2D eigenvalue weighted by molar-refractivity contribution is 5.85. The standard InChI is InChI=1S/C19H31N.ClH/c1-15(2)14-20-12-10-17(11-13-20)16-6-8-18(9-7-16)19(3,4)5;/h6-9,15,17H,10-14H2,1-5H3;1H. The topological polar surface area (TPSA) is 3.24 Å². The molecule has 1 aromatic carbocycles. The molecule has 0 unspecified atom stereocenters. The summed E-state index contributed by atoms with van der Waals surface area (Å²) >= 11 is 0. The quantitative estimate of drug-likeness (QED) is 0.738. The summed E-state index contributed by atoms with van der Waals surface area (Å²) in [6, 6.07) is 9.39. The average Bonchev–Trinajstić information content (AvgIpc) is 2.38. The first kappa shape index (κ1) is 18.5. The lowest BCUT2D eigenvalue weighted by atomic mass is 9.84. The molecule has 1 saturated heterocycles. The van der Waals surface area contributed by atoms with Gasteiger partial charge >= 0.3 is 0 Å². The third-order valence-electron chi connectivity index (χ3n) is 4.46. The van der Waals surface area contributed by atoms with Crippen molar-refractivity contribution >= 4 is 12.4 Å². The molecule has 0 saturated carbocycles. The molecule has 0 aliphatic carbocycles. The lowest BCUT2D eigenvalue weighted by Crippen LogP contribution is -2.35. The molecule has 1 aliphatic rings. The third kappa shape index (κ3) is 5.30. The molecule has 2 heteroatoms. The fraction of sp³-hybridized carbons (Fsp3) is 0.684. The summed E-state index contributed by atoms with van der Waals surface area (Å²) < 4.78 is 0. The molecule has 1 fully saturated rings. The van der Waals surface area contributed by atoms with Crippen LogP contribution >= 0.6 is 12.4 Å². The van der Waals surface area contributed by atoms with Crippen molar-refractivity contribution in [1.29, 1.82) is 0 Å². The number of halogens is 1. The second-order valence-corrected chi connectivity index (χ2v) is 7.84. The number of hydrogen-bond acceptors (Lipinski definition) is 1. The van der Waals surface area contributed by atoms with E-state index in [1.807, 2.05) is 0 Å². The molecule has 0 aromatic heterocycles. The van der Waals surface area contributed by atoms with Crippen molar-refractivity contribution in [2.24, 2.45) is 5.92 Å². The van der Waals surface area contributed by atoms with Gasteiger partial charge in [-0.05, 0) is 54.3 Å². The molecule has 0 bridgehead atoms. The zero-order chi connectivity index (χ0) is 14.8. The molecule has 1 aliphatic heterocycles. The van der Waals surface area contributed by atoms with Gasteiger partial charge in [-0.25, -0.2) is 0 Å². The molecule has 1 aromatic rings. The number of rotatable bonds is 3. The summed E-state index contributed by atoms with van der Waals surface area (Å²) in [6.07, 6.45) is 2.64. The van der Waals surface area contributed by atoms with E-state index in [1.165, 1.54) is 38.0 Å². The molecule has 0 atom stereocenters. The second kappa shape index (κ2) is 7.65. The van der Waals surface area contributed by atoms with Crippen LogP contribution < -0.4 is 0 Å². The van der Waals surface area contributed by atoms with Crippen LogP contribution in [0.4, 0.5) is 0 Å². The maximum absolute atomic E-state index is 2.63. The van der Waals surface area contributed by atoms with E-state index in [0.717, 1.165) is 11.8 Å². The fourth-order valence-corrected chi connectivity index (χ4v) is 3.22. The number of benzene rings is 1. The Kier molecular flexibility index (Phi) is 6.74. The minimum absolute atomic E-state index is 0. The third-order valence-corrected chi connectivity index (χ3v) is 4.46. The summed E-state index contributed by atoms with van der Waals surface area (Å²) in [7, 11) is 0. The van der Waals surface area contributed by atoms with Gasteiger partial charge in [0.25, 0.3) is 0 Å². The van der Waals surface area contributed by atoms with E-state index in [1.54, 1.807) is 5.56 Å². The molecule has 0 amide bonds. The van der Waals surface area contributed by atoms with Gasteiger partial charge in [0.15, 0.2) is 0 Å². The Bertz CT molecular complexity index is 408. The zero-order valence-electron chi connectivity index (χ0n) is 14.4. The highest BCUT2D eigenvalue weighted by Gasteiger charge is 2.21. The number of piperidine rings is 1. The van der Waals surface area contributed by atoms with E-state index in [9.17, 15) is 0 Å². The maximum Gasteiger partial charge on any atom is 0.000439 e. The van der Waals surface area contributed by atoms with Crippen molar-refractivity contribution in [1.82, 2.24) is 4.90 Å². The van der Waals surface area contributed by atoms with E-state index in [-0.39, 0.29) is 17.8 Å². The Morgan fingerprint density at radius 1 is 1.05 bits per heavy atom. The van der Waals surface area contributed by atoms with E-state index in [4.69, 9.17) is 0 Å². The van der Waals surface area contributed by atoms with Crippen LogP contribution in [0.1, 0.15) is 64.5 Å². The summed E-state index contributed by atoms with van der Waals surface area (Å²) in [5.41, 5.74) is 3.25. The SMILES string of the molecule is CC(C)CN1CCC(c2ccc(C(C)(C)C)cc2)CC1.Cl. The average molecular weight is 310 g/mol. The predicted molar refractivity (Wildman–Crippen MR) is 95.6 cm³/mol. The predicted octanol–water partition coefficient (Wildman–Crippen LogP) is 5.24. The van der Waals surface area contributed by atoms with Crippen molar-refractivity contribution in [2.45, 2.75) is 58.8 Å². The minimum Gasteiger partial charge on any atom is -0.303 e. The van der Waals surface area contributed by atoms with Crippen LogP contribution in [-0.2, 0) is 5.41 Å². The second-order valence-electron chi connectivity index (χ2n) is 7.84. The van der Waals surface area contributed by atoms with Crippen molar-refractivity contribution < 1.29 is 0 Å². The molecule has 0 spiro atoms. The normalized spacial score (nSPS) is 17.8. The first-order chi connectivity index (χ1) is 9.36. The zero-order valence-corrected chi connectivity index (χ0v) is 15.2. The maximum atomic E-state index is 2.63. The summed E-state index contributed by atoms with van der Waals surface area (Å²) in [5.74, 6) is 1.56. The Hall–Kier alpha value is -0.530. The van der Waals surface area contributed by atoms with Crippen molar-refractivity contribution in [2.75, 3.05) is 19.6 Å². The largest absolute Gasteiger partial charge is 0.303 e. The summed E-state index contributed by atoms with van der Waals surface area (Å²) in [4.78, 5) is 2.63. The molecule has 0 radical (unpaired) electrons. The summed E-state index contributed by atoms with van der Waals surface area (Å²) in [6.45, 7) is 15.3. The van der Waals surface area contributed by atoms with E-state index < -0.39 is 0 Å². The van der Waals surface area contributed by atoms with Crippen LogP contribution in [0.15, 0.2) is 24.3 Å². The van der Waals surface area contributed by atoms with Crippen LogP contribution in [0.3, 0.4) is 0 Å². The van der Waals surface area contributed by atoms with Crippen LogP contribution in [-0.4, -0.2) is 24.5 Å². The molecule has 1 heterocycles. The van der Waals surface area contributed by atoms with Gasteiger partial charge in [0.2, 0.25) is 0 Å². The van der Waals surface area contributed by atoms with Crippen molar-refractivity contribution in [3.63, 3.8) is 0 Å². The molecule has 21 heavy (non-hydrogen) atoms. The lowest BCUT2D eigenvalue weighted by molar-refractivity contribution is 0.192. The van der Waals surface area contributed by atoms with Crippen molar-refractivity contribution in [3.8, 4) is 0 Å². The van der Waals surface area contributed by atoms with Crippen LogP contribution in [0, 0.1) is 5.92 Å². The molecule has 120 valence electrons. The molecule has 0 N–H and O–H groups in total. The Morgan fingerprint density at radius 2 is 1.57 bits per heavy atom. The van der Waals surface area contributed by atoms with E-state index in [0.29, 0.717) is 0 Å². The monoisotopic (exact) mass is 309 g/mol. The van der Waals surface area contributed by atoms with Gasteiger partial charge in [-0.1, -0.05) is 58.9 Å². The Morgan fingerprint density at radius 3 is 2.00 bits per heavy atom. The van der Waals surface area contributed by atoms with Gasteiger partial charge in [-0.2, -0.15) is 0 Å². The number of hydrogen-bond donors (Lipinski definition) is 0. The highest BCUT2D eigenvalue weighted by Crippen LogP contribution is 2.30. The van der Waals surface area contributed by atoms with Gasteiger partial charge in [0.1, 0.15) is 0 Å². The Balaban J connectivity index is 0.00000220. The van der Waals surface area contributed by atoms with Crippen LogP contribution in [0.2, 0.25) is 0 Å². The minimum atomic E-state index is 0. The summed E-state index contributed by atoms with van der Waals surface area (Å²) in [5, 5.41) is 0. The van der Waals surface area contributed by atoms with E-state index in [2.05, 4.69) is 63.8 Å². The van der Waals surface area contributed by atoms with E-state index >= 15 is 0 Å². The Labute approximate surface area is 137 Å². The van der Waals surface area contributed by atoms with Gasteiger partial charge in [0.05, 0.1) is 0 Å². The molecule has 2 rings (SSSR count). The lowest BCUT2D eigenvalue weighted by Gasteiger charge is -2.33. The van der Waals surface area contributed by atoms with Gasteiger partial charge < -0.3 is 4.90 Å². The van der Waals surface area contributed by atoms with Crippen LogP contribution in [0.25, 0.3) is 0 Å². The highest BCUT2D eigenvalue weighted by atomic mass is 35.5. The molecule has 1 nitrogen and oxygen atoms in total. The van der Waals surface area contributed by atoms with Crippen molar-refractivity contribution in [3.05, 3.63) is 35.4 Å². The number of likely N-dealkylation sites (tertiary alicyclic amines) is 1. The number of nitrogens with zero attached hydrogens (tertiary/aromatic N) is 1. The first-order valence-electron chi connectivity index (χ1n) is 8.19.